The summed E-state index contributed by atoms with van der Waals surface area (Å²) in [6.07, 6.45) is 5.01. The number of aryl methyl sites for hydroxylation is 2. The van der Waals surface area contributed by atoms with E-state index in [2.05, 4.69) is 15.2 Å². The molecule has 0 aromatic carbocycles. The topological polar surface area (TPSA) is 84.8 Å². The molecule has 0 fully saturated rings. The first-order chi connectivity index (χ1) is 8.15. The van der Waals surface area contributed by atoms with E-state index in [0.29, 0.717) is 12.4 Å². The van der Waals surface area contributed by atoms with Gasteiger partial charge in [0.25, 0.3) is 0 Å². The number of nitrogens with zero attached hydrogens (tertiary/aromatic N) is 5. The predicted octanol–water partition coefficient (Wildman–Crippen LogP) is -0.361. The van der Waals surface area contributed by atoms with Gasteiger partial charge >= 0.3 is 5.97 Å². The molecule has 0 bridgehead atoms. The van der Waals surface area contributed by atoms with Crippen LogP contribution in [0.3, 0.4) is 0 Å². The van der Waals surface area contributed by atoms with E-state index in [9.17, 15) is 4.79 Å². The van der Waals surface area contributed by atoms with Gasteiger partial charge in [-0.2, -0.15) is 5.10 Å². The van der Waals surface area contributed by atoms with E-state index in [0.717, 1.165) is 5.56 Å². The van der Waals surface area contributed by atoms with Crippen molar-refractivity contribution in [2.75, 3.05) is 0 Å². The van der Waals surface area contributed by atoms with Gasteiger partial charge in [0.2, 0.25) is 0 Å². The molecule has 2 rings (SSSR count). The summed E-state index contributed by atoms with van der Waals surface area (Å²) in [6, 6.07) is 1.81. The third-order valence-electron chi connectivity index (χ3n) is 2.18. The van der Waals surface area contributed by atoms with Crippen molar-refractivity contribution in [2.45, 2.75) is 13.0 Å². The highest BCUT2D eigenvalue weighted by molar-refractivity contribution is 5.66. The summed E-state index contributed by atoms with van der Waals surface area (Å²) >= 11 is 0. The standard InChI is InChI=1S/C10H11N5O2/c1-14-7-11-10(13-14)8-2-4-15(12-6-8)5-3-9(16)17/h2,4,6-7H,3,5H2,1H3/p+1. The zero-order valence-corrected chi connectivity index (χ0v) is 9.32. The van der Waals surface area contributed by atoms with Gasteiger partial charge in [0.05, 0.1) is 5.56 Å². The van der Waals surface area contributed by atoms with Gasteiger partial charge in [0.15, 0.2) is 18.6 Å². The highest BCUT2D eigenvalue weighted by atomic mass is 16.4. The molecule has 2 aromatic rings. The van der Waals surface area contributed by atoms with Crippen molar-refractivity contribution in [1.29, 1.82) is 0 Å². The summed E-state index contributed by atoms with van der Waals surface area (Å²) in [5, 5.41) is 16.8. The normalized spacial score (nSPS) is 10.4. The number of rotatable bonds is 4. The largest absolute Gasteiger partial charge is 0.481 e. The van der Waals surface area contributed by atoms with Crippen molar-refractivity contribution in [3.05, 3.63) is 24.8 Å². The van der Waals surface area contributed by atoms with E-state index in [1.54, 1.807) is 35.1 Å². The molecule has 2 aromatic heterocycles. The van der Waals surface area contributed by atoms with Crippen molar-refractivity contribution in [3.63, 3.8) is 0 Å². The zero-order valence-electron chi connectivity index (χ0n) is 9.32. The molecule has 7 heteroatoms. The second-order valence-electron chi connectivity index (χ2n) is 3.56. The molecular weight excluding hydrogens is 222 g/mol. The van der Waals surface area contributed by atoms with Crippen LogP contribution in [0.2, 0.25) is 0 Å². The molecule has 2 heterocycles. The monoisotopic (exact) mass is 234 g/mol. The molecular formula is C10H12N5O2+. The quantitative estimate of drug-likeness (QED) is 0.730. The van der Waals surface area contributed by atoms with Gasteiger partial charge in [-0.05, 0) is 5.10 Å². The van der Waals surface area contributed by atoms with E-state index < -0.39 is 5.97 Å². The van der Waals surface area contributed by atoms with E-state index >= 15 is 0 Å². The van der Waals surface area contributed by atoms with Crippen LogP contribution in [0.15, 0.2) is 24.8 Å². The lowest BCUT2D eigenvalue weighted by atomic mass is 10.3. The first kappa shape index (κ1) is 11.2. The minimum absolute atomic E-state index is 0.0544. The second-order valence-corrected chi connectivity index (χ2v) is 3.56. The number of hydrogen-bond donors (Lipinski definition) is 1. The maximum atomic E-state index is 10.4. The highest BCUT2D eigenvalue weighted by Gasteiger charge is 2.09. The lowest BCUT2D eigenvalue weighted by Gasteiger charge is -1.94. The Morgan fingerprint density at radius 2 is 2.41 bits per heavy atom. The molecule has 88 valence electrons. The Bertz CT molecular complexity index is 520. The van der Waals surface area contributed by atoms with Crippen LogP contribution in [-0.4, -0.2) is 30.9 Å². The van der Waals surface area contributed by atoms with E-state index in [4.69, 9.17) is 5.11 Å². The van der Waals surface area contributed by atoms with Crippen molar-refractivity contribution < 1.29 is 14.6 Å². The fourth-order valence-electron chi connectivity index (χ4n) is 1.33. The lowest BCUT2D eigenvalue weighted by Crippen LogP contribution is -2.38. The maximum Gasteiger partial charge on any atom is 0.309 e. The van der Waals surface area contributed by atoms with E-state index in [1.807, 2.05) is 6.07 Å². The Labute approximate surface area is 97.3 Å². The van der Waals surface area contributed by atoms with Crippen LogP contribution in [0.25, 0.3) is 11.4 Å². The van der Waals surface area contributed by atoms with Crippen LogP contribution in [0.5, 0.6) is 0 Å². The zero-order chi connectivity index (χ0) is 12.3. The number of carboxylic acid groups (broad SMARTS) is 1. The average molecular weight is 234 g/mol. The molecule has 0 aliphatic rings. The SMILES string of the molecule is Cn1cnc(-c2cc[n+](CCC(=O)O)nc2)n1. The molecule has 0 atom stereocenters. The summed E-state index contributed by atoms with van der Waals surface area (Å²) in [4.78, 5) is 14.5. The number of hydrogen-bond acceptors (Lipinski definition) is 4. The van der Waals surface area contributed by atoms with Crippen LogP contribution < -0.4 is 4.68 Å². The highest BCUT2D eigenvalue weighted by Crippen LogP contribution is 2.09. The molecule has 0 unspecified atom stereocenters. The fraction of sp³-hybridized carbons (Fsp3) is 0.300. The molecule has 0 saturated carbocycles. The van der Waals surface area contributed by atoms with Crippen molar-refractivity contribution >= 4 is 5.97 Å². The molecule has 0 radical (unpaired) electrons. The van der Waals surface area contributed by atoms with Gasteiger partial charge < -0.3 is 5.11 Å². The van der Waals surface area contributed by atoms with Gasteiger partial charge in [-0.25, -0.2) is 4.98 Å². The van der Waals surface area contributed by atoms with Gasteiger partial charge in [-0.3, -0.25) is 9.48 Å². The number of carboxylic acids is 1. The van der Waals surface area contributed by atoms with Gasteiger partial charge in [0, 0.05) is 13.1 Å². The first-order valence-corrected chi connectivity index (χ1v) is 5.09. The molecule has 1 N–H and O–H groups in total. The number of aromatic nitrogens is 5. The second kappa shape index (κ2) is 4.69. The lowest BCUT2D eigenvalue weighted by molar-refractivity contribution is -0.752. The van der Waals surface area contributed by atoms with Crippen molar-refractivity contribution in [2.24, 2.45) is 7.05 Å². The molecule has 17 heavy (non-hydrogen) atoms. The van der Waals surface area contributed by atoms with Gasteiger partial charge in [-0.1, -0.05) is 4.68 Å². The average Bonchev–Trinajstić information content (AvgIpc) is 2.74. The first-order valence-electron chi connectivity index (χ1n) is 5.09. The summed E-state index contributed by atoms with van der Waals surface area (Å²) in [7, 11) is 1.79. The third kappa shape index (κ3) is 2.83. The van der Waals surface area contributed by atoms with Gasteiger partial charge in [-0.15, -0.1) is 0 Å². The Morgan fingerprint density at radius 3 is 2.94 bits per heavy atom. The summed E-state index contributed by atoms with van der Waals surface area (Å²) in [6.45, 7) is 0.352. The summed E-state index contributed by atoms with van der Waals surface area (Å²) < 4.78 is 3.18. The predicted molar refractivity (Wildman–Crippen MR) is 56.7 cm³/mol. The Hall–Kier alpha value is -2.31. The van der Waals surface area contributed by atoms with Crippen LogP contribution in [0, 0.1) is 0 Å². The van der Waals surface area contributed by atoms with Crippen LogP contribution >= 0.6 is 0 Å². The molecule has 7 nitrogen and oxygen atoms in total. The number of carbonyl (C=O) groups is 1. The van der Waals surface area contributed by atoms with E-state index in [1.165, 1.54) is 0 Å². The molecule has 0 aliphatic heterocycles. The van der Waals surface area contributed by atoms with Gasteiger partial charge in [0.1, 0.15) is 18.9 Å². The third-order valence-corrected chi connectivity index (χ3v) is 2.18. The minimum Gasteiger partial charge on any atom is -0.481 e. The minimum atomic E-state index is -0.838. The molecule has 0 saturated heterocycles. The summed E-state index contributed by atoms with van der Waals surface area (Å²) in [5.41, 5.74) is 0.803. The summed E-state index contributed by atoms with van der Waals surface area (Å²) in [5.74, 6) is -0.236. The van der Waals surface area contributed by atoms with Crippen molar-refractivity contribution in [3.8, 4) is 11.4 Å². The number of aliphatic carboxylic acids is 1. The van der Waals surface area contributed by atoms with Crippen LogP contribution in [0.1, 0.15) is 6.42 Å². The van der Waals surface area contributed by atoms with E-state index in [-0.39, 0.29) is 6.42 Å². The van der Waals surface area contributed by atoms with Crippen molar-refractivity contribution in [1.82, 2.24) is 19.9 Å². The molecule has 0 amide bonds. The Kier molecular flexibility index (Phi) is 3.08. The fourth-order valence-corrected chi connectivity index (χ4v) is 1.33. The maximum absolute atomic E-state index is 10.4. The smallest absolute Gasteiger partial charge is 0.309 e. The molecule has 0 spiro atoms. The Balaban J connectivity index is 2.10. The van der Waals surface area contributed by atoms with Crippen LogP contribution in [-0.2, 0) is 18.4 Å². The Morgan fingerprint density at radius 1 is 1.59 bits per heavy atom. The van der Waals surface area contributed by atoms with Crippen LogP contribution in [0.4, 0.5) is 0 Å². The molecule has 0 aliphatic carbocycles.